The van der Waals surface area contributed by atoms with Gasteiger partial charge in [0.2, 0.25) is 17.6 Å². The Kier molecular flexibility index (Phi) is 7.48. The molecule has 0 fully saturated rings. The number of amides is 1. The maximum absolute atomic E-state index is 11.8. The summed E-state index contributed by atoms with van der Waals surface area (Å²) >= 11 is 5.93. The zero-order valence-corrected chi connectivity index (χ0v) is 14.5. The van der Waals surface area contributed by atoms with Crippen LogP contribution in [0.3, 0.4) is 0 Å². The van der Waals surface area contributed by atoms with Crippen LogP contribution in [0.25, 0.3) is 11.4 Å². The van der Waals surface area contributed by atoms with E-state index in [0.717, 1.165) is 5.56 Å². The third-order valence-corrected chi connectivity index (χ3v) is 3.63. The topological polar surface area (TPSA) is 94.0 Å². The molecule has 1 aromatic carbocycles. The molecule has 2 rings (SSSR count). The maximum atomic E-state index is 11.8. The summed E-state index contributed by atoms with van der Waals surface area (Å²) in [7, 11) is 0. The third kappa shape index (κ3) is 5.49. The molecule has 0 aliphatic rings. The number of aromatic nitrogens is 2. The molecule has 0 spiro atoms. The summed E-state index contributed by atoms with van der Waals surface area (Å²) < 4.78 is 5.17. The normalized spacial score (nSPS) is 13.0. The van der Waals surface area contributed by atoms with Crippen LogP contribution in [0.4, 0.5) is 0 Å². The lowest BCUT2D eigenvalue weighted by Crippen LogP contribution is -2.39. The standard InChI is InChI=1S/C15H19ClN4O2.ClH/c1-9(10(2)17)15(21)18-7-6-13-19-14(20-22-13)11-4-3-5-12(16)8-11;/h3-5,8-10H,6-7,17H2,1-2H3,(H,18,21);1H. The molecule has 2 unspecified atom stereocenters. The Hall–Kier alpha value is -1.63. The van der Waals surface area contributed by atoms with Crippen molar-refractivity contribution < 1.29 is 9.32 Å². The summed E-state index contributed by atoms with van der Waals surface area (Å²) in [6.07, 6.45) is 0.463. The zero-order chi connectivity index (χ0) is 16.1. The van der Waals surface area contributed by atoms with Gasteiger partial charge in [-0.2, -0.15) is 4.98 Å². The first-order valence-corrected chi connectivity index (χ1v) is 7.47. The second kappa shape index (κ2) is 8.86. The van der Waals surface area contributed by atoms with Gasteiger partial charge in [0, 0.05) is 35.5 Å². The smallest absolute Gasteiger partial charge is 0.228 e. The van der Waals surface area contributed by atoms with E-state index in [2.05, 4.69) is 15.5 Å². The van der Waals surface area contributed by atoms with Gasteiger partial charge in [-0.25, -0.2) is 0 Å². The number of hydrogen-bond donors (Lipinski definition) is 2. The molecule has 3 N–H and O–H groups in total. The van der Waals surface area contributed by atoms with E-state index < -0.39 is 0 Å². The van der Waals surface area contributed by atoms with Crippen LogP contribution in [0.5, 0.6) is 0 Å². The average molecular weight is 359 g/mol. The van der Waals surface area contributed by atoms with Crippen LogP contribution in [-0.2, 0) is 11.2 Å². The lowest BCUT2D eigenvalue weighted by molar-refractivity contribution is -0.124. The monoisotopic (exact) mass is 358 g/mol. The van der Waals surface area contributed by atoms with Gasteiger partial charge >= 0.3 is 0 Å². The maximum Gasteiger partial charge on any atom is 0.228 e. The molecule has 6 nitrogen and oxygen atoms in total. The predicted molar refractivity (Wildman–Crippen MR) is 91.5 cm³/mol. The molecule has 23 heavy (non-hydrogen) atoms. The molecule has 1 heterocycles. The molecule has 126 valence electrons. The molecule has 0 radical (unpaired) electrons. The van der Waals surface area contributed by atoms with E-state index in [-0.39, 0.29) is 30.3 Å². The fraction of sp³-hybridized carbons (Fsp3) is 0.400. The molecule has 2 aromatic rings. The highest BCUT2D eigenvalue weighted by Crippen LogP contribution is 2.19. The van der Waals surface area contributed by atoms with Gasteiger partial charge < -0.3 is 15.6 Å². The van der Waals surface area contributed by atoms with Crippen LogP contribution < -0.4 is 11.1 Å². The summed E-state index contributed by atoms with van der Waals surface area (Å²) in [5.74, 6) is 0.630. The molecule has 1 amide bonds. The molecule has 0 aliphatic heterocycles. The van der Waals surface area contributed by atoms with E-state index in [1.54, 1.807) is 26.0 Å². The zero-order valence-electron chi connectivity index (χ0n) is 13.0. The van der Waals surface area contributed by atoms with Gasteiger partial charge in [0.25, 0.3) is 0 Å². The molecule has 0 saturated carbocycles. The molecule has 0 saturated heterocycles. The quantitative estimate of drug-likeness (QED) is 0.826. The molecule has 2 atom stereocenters. The highest BCUT2D eigenvalue weighted by Gasteiger charge is 2.16. The van der Waals surface area contributed by atoms with Crippen LogP contribution in [0.1, 0.15) is 19.7 Å². The van der Waals surface area contributed by atoms with Crippen LogP contribution in [0, 0.1) is 5.92 Å². The number of halogens is 2. The van der Waals surface area contributed by atoms with Crippen LogP contribution >= 0.6 is 24.0 Å². The van der Waals surface area contributed by atoms with E-state index in [4.69, 9.17) is 21.9 Å². The number of rotatable bonds is 6. The van der Waals surface area contributed by atoms with Crippen molar-refractivity contribution in [1.82, 2.24) is 15.5 Å². The Labute approximate surface area is 146 Å². The van der Waals surface area contributed by atoms with E-state index in [9.17, 15) is 4.79 Å². The lowest BCUT2D eigenvalue weighted by atomic mass is 10.0. The van der Waals surface area contributed by atoms with Crippen LogP contribution in [0.15, 0.2) is 28.8 Å². The minimum Gasteiger partial charge on any atom is -0.355 e. The molecule has 0 aliphatic carbocycles. The fourth-order valence-electron chi connectivity index (χ4n) is 1.79. The highest BCUT2D eigenvalue weighted by atomic mass is 35.5. The predicted octanol–water partition coefficient (Wildman–Crippen LogP) is 2.45. The first-order valence-electron chi connectivity index (χ1n) is 7.09. The van der Waals surface area contributed by atoms with Gasteiger partial charge in [0.1, 0.15) is 0 Å². The van der Waals surface area contributed by atoms with Crippen molar-refractivity contribution in [1.29, 1.82) is 0 Å². The van der Waals surface area contributed by atoms with Gasteiger partial charge in [-0.3, -0.25) is 4.79 Å². The van der Waals surface area contributed by atoms with E-state index in [1.165, 1.54) is 0 Å². The lowest BCUT2D eigenvalue weighted by Gasteiger charge is -2.14. The Morgan fingerprint density at radius 2 is 2.17 bits per heavy atom. The van der Waals surface area contributed by atoms with Gasteiger partial charge in [0.05, 0.1) is 0 Å². The number of carbonyl (C=O) groups is 1. The third-order valence-electron chi connectivity index (χ3n) is 3.39. The minimum absolute atomic E-state index is 0. The SMILES string of the molecule is CC(N)C(C)C(=O)NCCc1nc(-c2cccc(Cl)c2)no1.Cl. The number of nitrogens with zero attached hydrogens (tertiary/aromatic N) is 2. The van der Waals surface area contributed by atoms with E-state index in [1.807, 2.05) is 12.1 Å². The first-order chi connectivity index (χ1) is 10.5. The van der Waals surface area contributed by atoms with Crippen molar-refractivity contribution >= 4 is 29.9 Å². The molecular formula is C15H20Cl2N4O2. The minimum atomic E-state index is -0.232. The Morgan fingerprint density at radius 1 is 1.43 bits per heavy atom. The van der Waals surface area contributed by atoms with Crippen molar-refractivity contribution in [3.8, 4) is 11.4 Å². The van der Waals surface area contributed by atoms with Crippen LogP contribution in [-0.4, -0.2) is 28.6 Å². The Bertz CT molecular complexity index is 646. The van der Waals surface area contributed by atoms with Gasteiger partial charge in [-0.1, -0.05) is 35.8 Å². The summed E-state index contributed by atoms with van der Waals surface area (Å²) in [4.78, 5) is 16.1. The Morgan fingerprint density at radius 3 is 2.83 bits per heavy atom. The average Bonchev–Trinajstić information content (AvgIpc) is 2.95. The summed E-state index contributed by atoms with van der Waals surface area (Å²) in [5, 5.41) is 7.33. The van der Waals surface area contributed by atoms with Crippen molar-refractivity contribution in [3.63, 3.8) is 0 Å². The molecular weight excluding hydrogens is 339 g/mol. The van der Waals surface area contributed by atoms with Crippen molar-refractivity contribution in [3.05, 3.63) is 35.2 Å². The van der Waals surface area contributed by atoms with Gasteiger partial charge in [0.15, 0.2) is 0 Å². The van der Waals surface area contributed by atoms with E-state index in [0.29, 0.717) is 29.7 Å². The fourth-order valence-corrected chi connectivity index (χ4v) is 1.98. The summed E-state index contributed by atoms with van der Waals surface area (Å²) in [5.41, 5.74) is 6.48. The number of benzene rings is 1. The molecule has 0 bridgehead atoms. The van der Waals surface area contributed by atoms with Gasteiger partial charge in [-0.05, 0) is 19.1 Å². The summed E-state index contributed by atoms with van der Waals surface area (Å²) in [6, 6.07) is 7.04. The second-order valence-corrected chi connectivity index (χ2v) is 5.65. The largest absolute Gasteiger partial charge is 0.355 e. The van der Waals surface area contributed by atoms with Gasteiger partial charge in [-0.15, -0.1) is 12.4 Å². The number of hydrogen-bond acceptors (Lipinski definition) is 5. The number of nitrogens with one attached hydrogen (secondary N) is 1. The van der Waals surface area contributed by atoms with Crippen molar-refractivity contribution in [2.75, 3.05) is 6.54 Å². The molecule has 1 aromatic heterocycles. The van der Waals surface area contributed by atoms with Crippen molar-refractivity contribution in [2.45, 2.75) is 26.3 Å². The molecule has 8 heteroatoms. The highest BCUT2D eigenvalue weighted by molar-refractivity contribution is 6.30. The Balaban J connectivity index is 0.00000264. The first kappa shape index (κ1) is 19.4. The summed E-state index contributed by atoms with van der Waals surface area (Å²) in [6.45, 7) is 4.02. The van der Waals surface area contributed by atoms with E-state index >= 15 is 0 Å². The van der Waals surface area contributed by atoms with Crippen LogP contribution in [0.2, 0.25) is 5.02 Å². The number of carbonyl (C=O) groups excluding carboxylic acids is 1. The van der Waals surface area contributed by atoms with Crippen molar-refractivity contribution in [2.24, 2.45) is 11.7 Å². The number of nitrogens with two attached hydrogens (primary N) is 1. The second-order valence-electron chi connectivity index (χ2n) is 5.21.